The van der Waals surface area contributed by atoms with Gasteiger partial charge in [-0.15, -0.1) is 0 Å². The second kappa shape index (κ2) is 8.26. The molecule has 0 fully saturated rings. The first-order chi connectivity index (χ1) is 14.8. The van der Waals surface area contributed by atoms with E-state index >= 15 is 0 Å². The van der Waals surface area contributed by atoms with Crippen LogP contribution >= 0.6 is 0 Å². The molecular formula is C26H27N3O2. The van der Waals surface area contributed by atoms with Crippen LogP contribution in [0.3, 0.4) is 0 Å². The van der Waals surface area contributed by atoms with Crippen molar-refractivity contribution in [3.63, 3.8) is 0 Å². The average molecular weight is 414 g/mol. The lowest BCUT2D eigenvalue weighted by molar-refractivity contribution is 0.104. The number of amides is 1. The van der Waals surface area contributed by atoms with Gasteiger partial charge in [-0.3, -0.25) is 5.41 Å². The third kappa shape index (κ3) is 4.17. The lowest BCUT2D eigenvalue weighted by atomic mass is 9.85. The van der Waals surface area contributed by atoms with Crippen LogP contribution in [0, 0.1) is 11.3 Å². The van der Waals surface area contributed by atoms with Crippen LogP contribution in [-0.2, 0) is 6.42 Å². The van der Waals surface area contributed by atoms with Crippen molar-refractivity contribution in [1.29, 1.82) is 5.41 Å². The Balaban J connectivity index is 1.63. The standard InChI is InChI=1S/C26H27N3O2/c1-16(2)24-23-14-18(5-7-19(23)11-12-29(24)26(30)31)4-3-17-6-8-21-15-22(25(27)28)10-9-20(21)13-17/h3-10,13-16,24H,11-12H2,1-2H3,(H3,27,28)(H,30,31). The first-order valence-corrected chi connectivity index (χ1v) is 10.5. The summed E-state index contributed by atoms with van der Waals surface area (Å²) in [5.74, 6) is 0.272. The number of nitrogens with one attached hydrogen (secondary N) is 1. The molecule has 3 aromatic rings. The zero-order valence-electron chi connectivity index (χ0n) is 17.8. The number of nitrogens with two attached hydrogens (primary N) is 1. The molecule has 31 heavy (non-hydrogen) atoms. The second-order valence-corrected chi connectivity index (χ2v) is 8.44. The second-order valence-electron chi connectivity index (χ2n) is 8.44. The van der Waals surface area contributed by atoms with Gasteiger partial charge in [0.05, 0.1) is 6.04 Å². The first kappa shape index (κ1) is 20.7. The quantitative estimate of drug-likeness (QED) is 0.298. The Morgan fingerprint density at radius 2 is 1.71 bits per heavy atom. The number of fused-ring (bicyclic) bond motifs is 2. The highest BCUT2D eigenvalue weighted by Gasteiger charge is 2.32. The molecule has 0 saturated heterocycles. The highest BCUT2D eigenvalue weighted by Crippen LogP contribution is 2.36. The van der Waals surface area contributed by atoms with E-state index in [1.807, 2.05) is 30.3 Å². The largest absolute Gasteiger partial charge is 0.465 e. The topological polar surface area (TPSA) is 90.4 Å². The minimum atomic E-state index is -0.852. The fraction of sp³-hybridized carbons (Fsp3) is 0.231. The molecule has 1 amide bonds. The van der Waals surface area contributed by atoms with Crippen LogP contribution in [0.4, 0.5) is 4.79 Å². The fourth-order valence-electron chi connectivity index (χ4n) is 4.43. The Bertz CT molecular complexity index is 1200. The number of hydrogen-bond acceptors (Lipinski definition) is 2. The number of rotatable bonds is 4. The lowest BCUT2D eigenvalue weighted by Crippen LogP contribution is -2.41. The summed E-state index contributed by atoms with van der Waals surface area (Å²) in [5.41, 5.74) is 10.8. The number of hydrogen-bond donors (Lipinski definition) is 3. The van der Waals surface area contributed by atoms with Crippen molar-refractivity contribution in [2.75, 3.05) is 6.54 Å². The fourth-order valence-corrected chi connectivity index (χ4v) is 4.43. The molecule has 1 aliphatic rings. The van der Waals surface area contributed by atoms with Crippen LogP contribution in [0.5, 0.6) is 0 Å². The van der Waals surface area contributed by atoms with Crippen molar-refractivity contribution < 1.29 is 9.90 Å². The van der Waals surface area contributed by atoms with Crippen LogP contribution in [0.25, 0.3) is 22.9 Å². The lowest BCUT2D eigenvalue weighted by Gasteiger charge is -2.38. The normalized spacial score (nSPS) is 16.1. The third-order valence-electron chi connectivity index (χ3n) is 5.97. The minimum Gasteiger partial charge on any atom is -0.465 e. The molecule has 5 nitrogen and oxygen atoms in total. The molecule has 1 atom stereocenters. The molecule has 0 aliphatic carbocycles. The van der Waals surface area contributed by atoms with Gasteiger partial charge < -0.3 is 15.7 Å². The van der Waals surface area contributed by atoms with Gasteiger partial charge in [-0.25, -0.2) is 4.79 Å². The number of nitrogens with zero attached hydrogens (tertiary/aromatic N) is 1. The van der Waals surface area contributed by atoms with Gasteiger partial charge in [0.15, 0.2) is 0 Å². The van der Waals surface area contributed by atoms with Crippen LogP contribution in [0.2, 0.25) is 0 Å². The van der Waals surface area contributed by atoms with E-state index in [1.165, 1.54) is 5.56 Å². The van der Waals surface area contributed by atoms with E-state index in [4.69, 9.17) is 11.1 Å². The van der Waals surface area contributed by atoms with E-state index < -0.39 is 6.09 Å². The van der Waals surface area contributed by atoms with Gasteiger partial charge in [-0.05, 0) is 63.6 Å². The molecule has 0 bridgehead atoms. The zero-order valence-corrected chi connectivity index (χ0v) is 17.8. The maximum Gasteiger partial charge on any atom is 0.407 e. The average Bonchev–Trinajstić information content (AvgIpc) is 2.75. The smallest absolute Gasteiger partial charge is 0.407 e. The number of nitrogen functional groups attached to an aromatic ring is 1. The van der Waals surface area contributed by atoms with Gasteiger partial charge in [0.2, 0.25) is 0 Å². The van der Waals surface area contributed by atoms with Crippen molar-refractivity contribution in [3.05, 3.63) is 82.4 Å². The van der Waals surface area contributed by atoms with Crippen molar-refractivity contribution >= 4 is 34.9 Å². The van der Waals surface area contributed by atoms with Crippen LogP contribution in [0.1, 0.15) is 47.7 Å². The van der Waals surface area contributed by atoms with E-state index in [2.05, 4.69) is 50.3 Å². The molecule has 4 N–H and O–H groups in total. The Morgan fingerprint density at radius 3 is 2.39 bits per heavy atom. The number of benzene rings is 3. The molecule has 1 aliphatic heterocycles. The maximum absolute atomic E-state index is 11.7. The first-order valence-electron chi connectivity index (χ1n) is 10.5. The molecule has 158 valence electrons. The third-order valence-corrected chi connectivity index (χ3v) is 5.97. The molecule has 0 spiro atoms. The molecule has 0 radical (unpaired) electrons. The highest BCUT2D eigenvalue weighted by atomic mass is 16.4. The molecule has 1 unspecified atom stereocenters. The molecule has 1 heterocycles. The maximum atomic E-state index is 11.7. The highest BCUT2D eigenvalue weighted by molar-refractivity contribution is 5.99. The van der Waals surface area contributed by atoms with Crippen LogP contribution in [0.15, 0.2) is 54.6 Å². The molecular weight excluding hydrogens is 386 g/mol. The number of carbonyl (C=O) groups is 1. The predicted octanol–water partition coefficient (Wildman–Crippen LogP) is 5.53. The van der Waals surface area contributed by atoms with E-state index in [9.17, 15) is 9.90 Å². The Morgan fingerprint density at radius 1 is 1.06 bits per heavy atom. The Kier molecular flexibility index (Phi) is 5.51. The number of carboxylic acid groups (broad SMARTS) is 1. The van der Waals surface area contributed by atoms with E-state index in [1.54, 1.807) is 4.90 Å². The van der Waals surface area contributed by atoms with Gasteiger partial charge in [0.1, 0.15) is 5.84 Å². The van der Waals surface area contributed by atoms with Crippen molar-refractivity contribution in [1.82, 2.24) is 4.90 Å². The van der Waals surface area contributed by atoms with Crippen molar-refractivity contribution in [2.24, 2.45) is 11.7 Å². The van der Waals surface area contributed by atoms with Gasteiger partial charge in [0.25, 0.3) is 0 Å². The summed E-state index contributed by atoms with van der Waals surface area (Å²) < 4.78 is 0. The Hall–Kier alpha value is -3.60. The summed E-state index contributed by atoms with van der Waals surface area (Å²) in [6.45, 7) is 4.69. The monoisotopic (exact) mass is 413 g/mol. The van der Waals surface area contributed by atoms with E-state index in [-0.39, 0.29) is 17.8 Å². The van der Waals surface area contributed by atoms with Gasteiger partial charge >= 0.3 is 6.09 Å². The minimum absolute atomic E-state index is 0.0689. The molecule has 0 aromatic heterocycles. The molecule has 5 heteroatoms. The SMILES string of the molecule is CC(C)C1c2cc(C=Cc3ccc4cc(C(=N)N)ccc4c3)ccc2CCN1C(=O)O. The van der Waals surface area contributed by atoms with Gasteiger partial charge in [-0.1, -0.05) is 62.4 Å². The van der Waals surface area contributed by atoms with Crippen molar-refractivity contribution in [3.8, 4) is 0 Å². The molecule has 4 rings (SSSR count). The molecule has 3 aromatic carbocycles. The van der Waals surface area contributed by atoms with Crippen LogP contribution < -0.4 is 5.73 Å². The summed E-state index contributed by atoms with van der Waals surface area (Å²) in [5, 5.41) is 19.4. The van der Waals surface area contributed by atoms with Gasteiger partial charge in [0, 0.05) is 12.1 Å². The van der Waals surface area contributed by atoms with Gasteiger partial charge in [-0.2, -0.15) is 0 Å². The summed E-state index contributed by atoms with van der Waals surface area (Å²) in [4.78, 5) is 13.3. The summed E-state index contributed by atoms with van der Waals surface area (Å²) in [6.07, 6.45) is 4.04. The zero-order chi connectivity index (χ0) is 22.1. The Labute approximate surface area is 182 Å². The van der Waals surface area contributed by atoms with E-state index in [0.717, 1.165) is 39.4 Å². The van der Waals surface area contributed by atoms with Crippen molar-refractivity contribution in [2.45, 2.75) is 26.3 Å². The summed E-state index contributed by atoms with van der Waals surface area (Å²) in [7, 11) is 0. The predicted molar refractivity (Wildman–Crippen MR) is 126 cm³/mol. The molecule has 0 saturated carbocycles. The summed E-state index contributed by atoms with van der Waals surface area (Å²) >= 11 is 0. The summed E-state index contributed by atoms with van der Waals surface area (Å²) in [6, 6.07) is 18.2. The van der Waals surface area contributed by atoms with Crippen LogP contribution in [-0.4, -0.2) is 28.5 Å². The number of amidine groups is 1. The van der Waals surface area contributed by atoms with E-state index in [0.29, 0.717) is 6.54 Å².